The first-order valence-electron chi connectivity index (χ1n) is 7.09. The van der Waals surface area contributed by atoms with Gasteiger partial charge >= 0.3 is 0 Å². The highest BCUT2D eigenvalue weighted by Crippen LogP contribution is 2.38. The predicted octanol–water partition coefficient (Wildman–Crippen LogP) is 1.52. The van der Waals surface area contributed by atoms with Crippen molar-refractivity contribution in [1.29, 1.82) is 0 Å². The zero-order valence-corrected chi connectivity index (χ0v) is 11.1. The number of fused-ring (bicyclic) bond motifs is 1. The van der Waals surface area contributed by atoms with Crippen molar-refractivity contribution < 1.29 is 4.79 Å². The normalized spacial score (nSPS) is 26.4. The smallest absolute Gasteiger partial charge is 0.265 e. The Bertz CT molecular complexity index is 462. The van der Waals surface area contributed by atoms with E-state index in [0.717, 1.165) is 23.9 Å². The first kappa shape index (κ1) is 12.6. The second-order valence-electron chi connectivity index (χ2n) is 5.78. The second kappa shape index (κ2) is 5.31. The lowest BCUT2D eigenvalue weighted by atomic mass is 10.0. The summed E-state index contributed by atoms with van der Waals surface area (Å²) in [6.45, 7) is 3.23. The Labute approximate surface area is 113 Å². The molecule has 4 nitrogen and oxygen atoms in total. The van der Waals surface area contributed by atoms with E-state index in [9.17, 15) is 4.79 Å². The summed E-state index contributed by atoms with van der Waals surface area (Å²) in [5.41, 5.74) is 4.00. The number of hydrazine groups is 1. The summed E-state index contributed by atoms with van der Waals surface area (Å²) in [7, 11) is 0. The van der Waals surface area contributed by atoms with Gasteiger partial charge in [0.25, 0.3) is 5.91 Å². The molecule has 2 fully saturated rings. The molecule has 3 N–H and O–H groups in total. The van der Waals surface area contributed by atoms with Crippen LogP contribution in [-0.2, 0) is 6.54 Å². The number of rotatable bonds is 3. The highest BCUT2D eigenvalue weighted by Gasteiger charge is 2.35. The van der Waals surface area contributed by atoms with Crippen LogP contribution in [0.3, 0.4) is 0 Å². The van der Waals surface area contributed by atoms with Crippen LogP contribution in [0, 0.1) is 11.8 Å². The van der Waals surface area contributed by atoms with E-state index < -0.39 is 0 Å². The number of benzene rings is 1. The zero-order valence-electron chi connectivity index (χ0n) is 11.1. The molecule has 2 unspecified atom stereocenters. The van der Waals surface area contributed by atoms with Crippen LogP contribution >= 0.6 is 0 Å². The highest BCUT2D eigenvalue weighted by atomic mass is 16.2. The number of carbonyl (C=O) groups is 1. The lowest BCUT2D eigenvalue weighted by Crippen LogP contribution is -2.31. The van der Waals surface area contributed by atoms with Crippen molar-refractivity contribution in [3.8, 4) is 0 Å². The van der Waals surface area contributed by atoms with E-state index in [1.54, 1.807) is 0 Å². The van der Waals surface area contributed by atoms with E-state index in [1.165, 1.54) is 32.4 Å². The minimum atomic E-state index is -0.199. The van der Waals surface area contributed by atoms with Crippen molar-refractivity contribution in [2.75, 3.05) is 13.1 Å². The van der Waals surface area contributed by atoms with E-state index in [0.29, 0.717) is 5.56 Å². The van der Waals surface area contributed by atoms with Crippen LogP contribution in [0.25, 0.3) is 0 Å². The van der Waals surface area contributed by atoms with E-state index in [-0.39, 0.29) is 5.91 Å². The van der Waals surface area contributed by atoms with E-state index in [1.807, 2.05) is 24.3 Å². The van der Waals surface area contributed by atoms with E-state index >= 15 is 0 Å². The minimum Gasteiger partial charge on any atom is -0.298 e. The second-order valence-corrected chi connectivity index (χ2v) is 5.78. The molecule has 1 heterocycles. The molecular formula is C15H21N3O. The van der Waals surface area contributed by atoms with Crippen molar-refractivity contribution >= 4 is 5.91 Å². The van der Waals surface area contributed by atoms with Crippen molar-refractivity contribution in [3.63, 3.8) is 0 Å². The van der Waals surface area contributed by atoms with E-state index in [4.69, 9.17) is 5.84 Å². The summed E-state index contributed by atoms with van der Waals surface area (Å²) in [6.07, 6.45) is 4.16. The third kappa shape index (κ3) is 2.51. The van der Waals surface area contributed by atoms with Gasteiger partial charge in [-0.15, -0.1) is 0 Å². The number of nitrogens with zero attached hydrogens (tertiary/aromatic N) is 1. The number of amides is 1. The Morgan fingerprint density at radius 1 is 1.26 bits per heavy atom. The van der Waals surface area contributed by atoms with Crippen LogP contribution in [0.2, 0.25) is 0 Å². The number of carbonyl (C=O) groups excluding carboxylic acids is 1. The molecule has 102 valence electrons. The first-order valence-corrected chi connectivity index (χ1v) is 7.09. The maximum absolute atomic E-state index is 11.7. The molecule has 0 radical (unpaired) electrons. The fourth-order valence-electron chi connectivity index (χ4n) is 3.66. The topological polar surface area (TPSA) is 58.4 Å². The number of hydrogen-bond donors (Lipinski definition) is 2. The fraction of sp³-hybridized carbons (Fsp3) is 0.533. The maximum Gasteiger partial charge on any atom is 0.265 e. The third-order valence-corrected chi connectivity index (χ3v) is 4.59. The molecule has 0 aromatic heterocycles. The quantitative estimate of drug-likeness (QED) is 0.491. The summed E-state index contributed by atoms with van der Waals surface area (Å²) in [6, 6.07) is 7.74. The predicted molar refractivity (Wildman–Crippen MR) is 74.2 cm³/mol. The Morgan fingerprint density at radius 3 is 2.63 bits per heavy atom. The molecule has 19 heavy (non-hydrogen) atoms. The van der Waals surface area contributed by atoms with Crippen molar-refractivity contribution in [1.82, 2.24) is 10.3 Å². The lowest BCUT2D eigenvalue weighted by molar-refractivity contribution is 0.0951. The van der Waals surface area contributed by atoms with Gasteiger partial charge in [-0.2, -0.15) is 0 Å². The standard InChI is InChI=1S/C15H21N3O/c16-17-15(19)14-7-2-1-4-13(14)10-18-8-11-5-3-6-12(11)9-18/h1-2,4,7,11-12H,3,5-6,8-10,16H2,(H,17,19). The molecule has 1 amide bonds. The summed E-state index contributed by atoms with van der Waals surface area (Å²) in [5, 5.41) is 0. The van der Waals surface area contributed by atoms with Gasteiger partial charge in [0, 0.05) is 25.2 Å². The van der Waals surface area contributed by atoms with Gasteiger partial charge < -0.3 is 0 Å². The summed E-state index contributed by atoms with van der Waals surface area (Å²) < 4.78 is 0. The van der Waals surface area contributed by atoms with E-state index in [2.05, 4.69) is 10.3 Å². The summed E-state index contributed by atoms with van der Waals surface area (Å²) in [4.78, 5) is 14.2. The third-order valence-electron chi connectivity index (χ3n) is 4.59. The van der Waals surface area contributed by atoms with Gasteiger partial charge in [0.15, 0.2) is 0 Å². The summed E-state index contributed by atoms with van der Waals surface area (Å²) >= 11 is 0. The molecule has 1 aromatic rings. The van der Waals surface area contributed by atoms with Crippen LogP contribution in [0.15, 0.2) is 24.3 Å². The number of nitrogens with two attached hydrogens (primary N) is 1. The Kier molecular flexibility index (Phi) is 3.53. The van der Waals surface area contributed by atoms with Gasteiger partial charge in [0.2, 0.25) is 0 Å². The largest absolute Gasteiger partial charge is 0.298 e. The van der Waals surface area contributed by atoms with Crippen LogP contribution in [0.5, 0.6) is 0 Å². The molecule has 2 atom stereocenters. The number of nitrogens with one attached hydrogen (secondary N) is 1. The molecular weight excluding hydrogens is 238 g/mol. The highest BCUT2D eigenvalue weighted by molar-refractivity contribution is 5.95. The number of nitrogen functional groups attached to an aromatic ring is 1. The number of likely N-dealkylation sites (tertiary alicyclic amines) is 1. The Morgan fingerprint density at radius 2 is 1.95 bits per heavy atom. The lowest BCUT2D eigenvalue weighted by Gasteiger charge is -2.18. The van der Waals surface area contributed by atoms with Crippen molar-refractivity contribution in [2.24, 2.45) is 17.7 Å². The van der Waals surface area contributed by atoms with Gasteiger partial charge in [-0.1, -0.05) is 24.6 Å². The molecule has 1 saturated heterocycles. The Hall–Kier alpha value is -1.39. The van der Waals surface area contributed by atoms with Crippen molar-refractivity contribution in [3.05, 3.63) is 35.4 Å². The number of hydrogen-bond acceptors (Lipinski definition) is 3. The molecule has 1 saturated carbocycles. The van der Waals surface area contributed by atoms with Crippen LogP contribution in [0.4, 0.5) is 0 Å². The van der Waals surface area contributed by atoms with Gasteiger partial charge in [-0.05, 0) is 36.3 Å². The van der Waals surface area contributed by atoms with Crippen LogP contribution in [-0.4, -0.2) is 23.9 Å². The van der Waals surface area contributed by atoms with Gasteiger partial charge in [-0.25, -0.2) is 5.84 Å². The molecule has 4 heteroatoms. The zero-order chi connectivity index (χ0) is 13.2. The van der Waals surface area contributed by atoms with Gasteiger partial charge in [-0.3, -0.25) is 15.1 Å². The average molecular weight is 259 g/mol. The van der Waals surface area contributed by atoms with Gasteiger partial charge in [0.1, 0.15) is 0 Å². The van der Waals surface area contributed by atoms with Crippen LogP contribution in [0.1, 0.15) is 35.2 Å². The molecule has 1 aliphatic carbocycles. The Balaban J connectivity index is 1.72. The minimum absolute atomic E-state index is 0.199. The molecule has 2 aliphatic rings. The molecule has 3 rings (SSSR count). The summed E-state index contributed by atoms with van der Waals surface area (Å²) in [5.74, 6) is 6.81. The molecule has 1 aromatic carbocycles. The SMILES string of the molecule is NNC(=O)c1ccccc1CN1CC2CCCC2C1. The monoisotopic (exact) mass is 259 g/mol. The van der Waals surface area contributed by atoms with Crippen molar-refractivity contribution in [2.45, 2.75) is 25.8 Å². The fourth-order valence-corrected chi connectivity index (χ4v) is 3.66. The van der Waals surface area contributed by atoms with Gasteiger partial charge in [0.05, 0.1) is 0 Å². The molecule has 0 spiro atoms. The maximum atomic E-state index is 11.7. The van der Waals surface area contributed by atoms with Crippen LogP contribution < -0.4 is 11.3 Å². The molecule has 0 bridgehead atoms. The average Bonchev–Trinajstić information content (AvgIpc) is 2.99. The molecule has 1 aliphatic heterocycles. The first-order chi connectivity index (χ1) is 9.28.